The fourth-order valence-corrected chi connectivity index (χ4v) is 2.02. The quantitative estimate of drug-likeness (QED) is 0.510. The molecule has 3 rings (SSSR count). The number of hydrazone groups is 1. The van der Waals surface area contributed by atoms with Crippen LogP contribution in [0.15, 0.2) is 47.8 Å². The fourth-order valence-electron chi connectivity index (χ4n) is 1.89. The van der Waals surface area contributed by atoms with Crippen molar-refractivity contribution in [1.82, 2.24) is 15.7 Å². The molecule has 0 unspecified atom stereocenters. The average Bonchev–Trinajstić information content (AvgIpc) is 3.01. The molecule has 1 aromatic carbocycles. The van der Waals surface area contributed by atoms with Crippen molar-refractivity contribution in [3.05, 3.63) is 53.9 Å². The van der Waals surface area contributed by atoms with Gasteiger partial charge >= 0.3 is 0 Å². The van der Waals surface area contributed by atoms with E-state index in [-0.39, 0.29) is 6.79 Å². The van der Waals surface area contributed by atoms with Crippen LogP contribution in [0.2, 0.25) is 0 Å². The van der Waals surface area contributed by atoms with Gasteiger partial charge in [-0.05, 0) is 36.0 Å². The van der Waals surface area contributed by atoms with E-state index in [2.05, 4.69) is 20.8 Å². The summed E-state index contributed by atoms with van der Waals surface area (Å²) in [5.74, 6) is 1.53. The number of thiocarbonyl (C=S) groups is 1. The van der Waals surface area contributed by atoms with Gasteiger partial charge in [0.25, 0.3) is 0 Å². The molecule has 0 bridgehead atoms. The molecule has 0 radical (unpaired) electrons. The second kappa shape index (κ2) is 6.86. The molecular formula is C15H14N4O2S. The molecule has 0 saturated carbocycles. The molecular weight excluding hydrogens is 300 g/mol. The van der Waals surface area contributed by atoms with E-state index in [9.17, 15) is 0 Å². The molecule has 0 fully saturated rings. The predicted molar refractivity (Wildman–Crippen MR) is 87.0 cm³/mol. The summed E-state index contributed by atoms with van der Waals surface area (Å²) in [5, 5.41) is 7.56. The van der Waals surface area contributed by atoms with Gasteiger partial charge < -0.3 is 14.8 Å². The third kappa shape index (κ3) is 3.70. The minimum atomic E-state index is 0.273. The Hall–Kier alpha value is -2.67. The first-order valence-electron chi connectivity index (χ1n) is 6.67. The van der Waals surface area contributed by atoms with Crippen LogP contribution in [0.1, 0.15) is 11.1 Å². The lowest BCUT2D eigenvalue weighted by Crippen LogP contribution is -2.31. The van der Waals surface area contributed by atoms with Crippen molar-refractivity contribution in [2.45, 2.75) is 6.54 Å². The Morgan fingerprint density at radius 1 is 1.32 bits per heavy atom. The van der Waals surface area contributed by atoms with E-state index in [1.807, 2.05) is 30.3 Å². The third-order valence-corrected chi connectivity index (χ3v) is 3.19. The number of nitrogens with zero attached hydrogens (tertiary/aromatic N) is 2. The summed E-state index contributed by atoms with van der Waals surface area (Å²) in [7, 11) is 0. The van der Waals surface area contributed by atoms with Gasteiger partial charge in [0.15, 0.2) is 16.6 Å². The van der Waals surface area contributed by atoms with Gasteiger partial charge in [-0.2, -0.15) is 5.10 Å². The molecule has 0 atom stereocenters. The Bertz CT molecular complexity index is 691. The van der Waals surface area contributed by atoms with Crippen LogP contribution in [0.25, 0.3) is 0 Å². The minimum absolute atomic E-state index is 0.273. The Kier molecular flexibility index (Phi) is 4.45. The second-order valence-corrected chi connectivity index (χ2v) is 4.93. The Morgan fingerprint density at radius 3 is 3.09 bits per heavy atom. The van der Waals surface area contributed by atoms with Crippen molar-refractivity contribution in [3.8, 4) is 11.5 Å². The molecule has 1 aliphatic heterocycles. The standard InChI is InChI=1S/C15H14N4O2S/c22-15(19-18-9-12-2-1-5-16-7-12)17-8-11-3-4-13-14(6-11)21-10-20-13/h1-7,9H,8,10H2,(H2,17,19,22)/b18-9-. The second-order valence-electron chi connectivity index (χ2n) is 4.53. The van der Waals surface area contributed by atoms with Crippen LogP contribution in [-0.2, 0) is 6.54 Å². The molecule has 7 heteroatoms. The number of hydrogen-bond donors (Lipinski definition) is 2. The van der Waals surface area contributed by atoms with E-state index in [0.29, 0.717) is 11.7 Å². The van der Waals surface area contributed by atoms with Gasteiger partial charge in [0.05, 0.1) is 6.21 Å². The minimum Gasteiger partial charge on any atom is -0.454 e. The summed E-state index contributed by atoms with van der Waals surface area (Å²) in [5.41, 5.74) is 4.70. The number of aromatic nitrogens is 1. The third-order valence-electron chi connectivity index (χ3n) is 2.95. The van der Waals surface area contributed by atoms with Crippen molar-refractivity contribution in [3.63, 3.8) is 0 Å². The number of rotatable bonds is 4. The van der Waals surface area contributed by atoms with Gasteiger partial charge in [-0.15, -0.1) is 0 Å². The lowest BCUT2D eigenvalue weighted by Gasteiger charge is -2.07. The molecule has 112 valence electrons. The zero-order valence-corrected chi connectivity index (χ0v) is 12.5. The van der Waals surface area contributed by atoms with Crippen LogP contribution in [-0.4, -0.2) is 23.1 Å². The largest absolute Gasteiger partial charge is 0.454 e. The molecule has 22 heavy (non-hydrogen) atoms. The van der Waals surface area contributed by atoms with Crippen molar-refractivity contribution in [2.24, 2.45) is 5.10 Å². The van der Waals surface area contributed by atoms with E-state index in [1.165, 1.54) is 0 Å². The molecule has 1 aromatic heterocycles. The van der Waals surface area contributed by atoms with E-state index in [1.54, 1.807) is 18.6 Å². The van der Waals surface area contributed by atoms with Crippen molar-refractivity contribution in [1.29, 1.82) is 0 Å². The maximum atomic E-state index is 5.33. The summed E-state index contributed by atoms with van der Waals surface area (Å²) in [6.07, 6.45) is 5.08. The highest BCUT2D eigenvalue weighted by molar-refractivity contribution is 7.80. The summed E-state index contributed by atoms with van der Waals surface area (Å²) < 4.78 is 10.6. The molecule has 0 spiro atoms. The molecule has 0 amide bonds. The number of nitrogens with one attached hydrogen (secondary N) is 2. The number of fused-ring (bicyclic) bond motifs is 1. The number of ether oxygens (including phenoxy) is 2. The maximum absolute atomic E-state index is 5.33. The van der Waals surface area contributed by atoms with Gasteiger partial charge in [-0.3, -0.25) is 10.4 Å². The van der Waals surface area contributed by atoms with Crippen LogP contribution in [0.3, 0.4) is 0 Å². The van der Waals surface area contributed by atoms with Crippen molar-refractivity contribution >= 4 is 23.5 Å². The van der Waals surface area contributed by atoms with Crippen LogP contribution in [0.5, 0.6) is 11.5 Å². The highest BCUT2D eigenvalue weighted by atomic mass is 32.1. The van der Waals surface area contributed by atoms with Crippen LogP contribution in [0, 0.1) is 0 Å². The van der Waals surface area contributed by atoms with E-state index < -0.39 is 0 Å². The van der Waals surface area contributed by atoms with Gasteiger partial charge in [0.1, 0.15) is 0 Å². The van der Waals surface area contributed by atoms with Crippen LogP contribution < -0.4 is 20.2 Å². The number of hydrogen-bond acceptors (Lipinski definition) is 5. The molecule has 1 aliphatic rings. The van der Waals surface area contributed by atoms with Gasteiger partial charge in [-0.1, -0.05) is 12.1 Å². The van der Waals surface area contributed by atoms with Crippen LogP contribution in [0.4, 0.5) is 0 Å². The SMILES string of the molecule is S=C(NCc1ccc2c(c1)OCO2)N/N=C\c1cccnc1. The molecule has 0 aliphatic carbocycles. The summed E-state index contributed by atoms with van der Waals surface area (Å²) in [6, 6.07) is 9.52. The topological polar surface area (TPSA) is 67.8 Å². The highest BCUT2D eigenvalue weighted by Crippen LogP contribution is 2.32. The monoisotopic (exact) mass is 314 g/mol. The predicted octanol–water partition coefficient (Wildman–Crippen LogP) is 1.81. The van der Waals surface area contributed by atoms with Gasteiger partial charge in [-0.25, -0.2) is 0 Å². The van der Waals surface area contributed by atoms with E-state index in [4.69, 9.17) is 21.7 Å². The highest BCUT2D eigenvalue weighted by Gasteiger charge is 2.12. The van der Waals surface area contributed by atoms with Crippen LogP contribution >= 0.6 is 12.2 Å². The summed E-state index contributed by atoms with van der Waals surface area (Å²) in [4.78, 5) is 4.00. The Morgan fingerprint density at radius 2 is 2.23 bits per heavy atom. The number of benzene rings is 1. The zero-order valence-electron chi connectivity index (χ0n) is 11.7. The zero-order chi connectivity index (χ0) is 15.2. The van der Waals surface area contributed by atoms with Crippen molar-refractivity contribution in [2.75, 3.05) is 6.79 Å². The molecule has 2 heterocycles. The molecule has 0 saturated heterocycles. The van der Waals surface area contributed by atoms with E-state index in [0.717, 1.165) is 22.6 Å². The molecule has 6 nitrogen and oxygen atoms in total. The first-order valence-corrected chi connectivity index (χ1v) is 7.07. The average molecular weight is 314 g/mol. The molecule has 2 N–H and O–H groups in total. The summed E-state index contributed by atoms with van der Waals surface area (Å²) >= 11 is 5.16. The Labute approximate surface area is 133 Å². The van der Waals surface area contributed by atoms with Gasteiger partial charge in [0.2, 0.25) is 6.79 Å². The smallest absolute Gasteiger partial charge is 0.231 e. The fraction of sp³-hybridized carbons (Fsp3) is 0.133. The number of pyridine rings is 1. The van der Waals surface area contributed by atoms with Crippen molar-refractivity contribution < 1.29 is 9.47 Å². The van der Waals surface area contributed by atoms with Gasteiger partial charge in [0, 0.05) is 24.5 Å². The maximum Gasteiger partial charge on any atom is 0.231 e. The lowest BCUT2D eigenvalue weighted by molar-refractivity contribution is 0.174. The summed E-state index contributed by atoms with van der Waals surface area (Å²) in [6.45, 7) is 0.847. The first-order chi connectivity index (χ1) is 10.8. The molecule has 2 aromatic rings. The lowest BCUT2D eigenvalue weighted by atomic mass is 10.2. The first kappa shape index (κ1) is 14.3. The van der Waals surface area contributed by atoms with E-state index >= 15 is 0 Å². The Balaban J connectivity index is 1.47. The normalized spacial score (nSPS) is 12.4.